The van der Waals surface area contributed by atoms with E-state index in [0.717, 1.165) is 83.3 Å². The SMILES string of the molecule is C/C(=N\OCCCc1cccc(C(O)C(C)C)n1)c1cccc(C)n1.C/C(=N\OCCCc1cccc(C=O)n1)c1cccc(C)n1. The van der Waals surface area contributed by atoms with Crippen LogP contribution in [0.15, 0.2) is 83.1 Å². The number of aryl methyl sites for hydroxylation is 4. The van der Waals surface area contributed by atoms with E-state index in [4.69, 9.17) is 9.68 Å². The largest absolute Gasteiger partial charge is 0.396 e. The first kappa shape index (κ1) is 36.6. The maximum Gasteiger partial charge on any atom is 0.168 e. The van der Waals surface area contributed by atoms with Crippen LogP contribution >= 0.6 is 0 Å². The summed E-state index contributed by atoms with van der Waals surface area (Å²) in [4.78, 5) is 38.9. The van der Waals surface area contributed by atoms with Gasteiger partial charge in [0.15, 0.2) is 6.29 Å². The molecule has 1 atom stereocenters. The van der Waals surface area contributed by atoms with Crippen molar-refractivity contribution in [2.24, 2.45) is 16.2 Å². The van der Waals surface area contributed by atoms with Crippen LogP contribution in [0.4, 0.5) is 0 Å². The monoisotopic (exact) mass is 638 g/mol. The average Bonchev–Trinajstić information content (AvgIpc) is 3.08. The van der Waals surface area contributed by atoms with Crippen LogP contribution in [-0.4, -0.2) is 56.0 Å². The molecule has 10 heteroatoms. The Hall–Kier alpha value is -4.83. The van der Waals surface area contributed by atoms with Gasteiger partial charge in [-0.25, -0.2) is 0 Å². The maximum atomic E-state index is 10.7. The first-order valence-electron chi connectivity index (χ1n) is 15.9. The molecule has 0 saturated heterocycles. The number of hydrogen-bond acceptors (Lipinski definition) is 10. The van der Waals surface area contributed by atoms with Crippen molar-refractivity contribution >= 4 is 17.7 Å². The number of carbonyl (C=O) groups is 1. The minimum atomic E-state index is -0.523. The first-order chi connectivity index (χ1) is 22.7. The summed E-state index contributed by atoms with van der Waals surface area (Å²) < 4.78 is 0. The molecule has 0 bridgehead atoms. The van der Waals surface area contributed by atoms with Gasteiger partial charge in [0.1, 0.15) is 30.3 Å². The van der Waals surface area contributed by atoms with Crippen molar-refractivity contribution in [3.05, 3.63) is 118 Å². The van der Waals surface area contributed by atoms with Crippen molar-refractivity contribution in [1.29, 1.82) is 0 Å². The Morgan fingerprint density at radius 1 is 0.723 bits per heavy atom. The van der Waals surface area contributed by atoms with E-state index < -0.39 is 6.10 Å². The number of pyridine rings is 4. The maximum absolute atomic E-state index is 10.7. The molecule has 1 N–H and O–H groups in total. The second-order valence-corrected chi connectivity index (χ2v) is 11.5. The third-order valence-electron chi connectivity index (χ3n) is 6.97. The Balaban J connectivity index is 0.000000257. The molecular weight excluding hydrogens is 592 g/mol. The number of aliphatic hydroxyl groups is 1. The molecule has 0 aliphatic heterocycles. The molecule has 4 aromatic rings. The first-order valence-corrected chi connectivity index (χ1v) is 15.9. The van der Waals surface area contributed by atoms with Crippen LogP contribution in [-0.2, 0) is 22.5 Å². The van der Waals surface area contributed by atoms with E-state index in [1.165, 1.54) is 0 Å². The lowest BCUT2D eigenvalue weighted by atomic mass is 10.0. The Morgan fingerprint density at radius 3 is 1.70 bits per heavy atom. The zero-order chi connectivity index (χ0) is 34.0. The Labute approximate surface area is 278 Å². The predicted octanol–water partition coefficient (Wildman–Crippen LogP) is 6.82. The van der Waals surface area contributed by atoms with E-state index in [2.05, 4.69) is 30.2 Å². The van der Waals surface area contributed by atoms with Crippen molar-refractivity contribution in [1.82, 2.24) is 19.9 Å². The number of rotatable bonds is 15. The predicted molar refractivity (Wildman–Crippen MR) is 185 cm³/mol. The van der Waals surface area contributed by atoms with Crippen molar-refractivity contribution in [2.75, 3.05) is 13.2 Å². The van der Waals surface area contributed by atoms with E-state index in [0.29, 0.717) is 18.9 Å². The molecule has 1 unspecified atom stereocenters. The number of nitrogens with zero attached hydrogens (tertiary/aromatic N) is 6. The molecule has 248 valence electrons. The summed E-state index contributed by atoms with van der Waals surface area (Å²) in [6.07, 6.45) is 3.36. The van der Waals surface area contributed by atoms with Crippen LogP contribution in [0, 0.1) is 19.8 Å². The van der Waals surface area contributed by atoms with Crippen molar-refractivity contribution in [3.63, 3.8) is 0 Å². The number of carbonyl (C=O) groups excluding carboxylic acids is 1. The third-order valence-corrected chi connectivity index (χ3v) is 6.97. The summed E-state index contributed by atoms with van der Waals surface area (Å²) in [6, 6.07) is 22.8. The molecule has 0 spiro atoms. The second kappa shape index (κ2) is 19.6. The number of aldehydes is 1. The lowest BCUT2D eigenvalue weighted by Gasteiger charge is -2.14. The van der Waals surface area contributed by atoms with Gasteiger partial charge in [0.05, 0.1) is 23.2 Å². The lowest BCUT2D eigenvalue weighted by molar-refractivity contribution is 0.111. The number of oxime groups is 2. The Bertz CT molecular complexity index is 1620. The summed E-state index contributed by atoms with van der Waals surface area (Å²) in [5.74, 6) is 0.152. The van der Waals surface area contributed by atoms with Crippen LogP contribution in [0.5, 0.6) is 0 Å². The van der Waals surface area contributed by atoms with Gasteiger partial charge < -0.3 is 14.8 Å². The fourth-order valence-corrected chi connectivity index (χ4v) is 4.35. The van der Waals surface area contributed by atoms with Gasteiger partial charge in [-0.2, -0.15) is 0 Å². The van der Waals surface area contributed by atoms with Gasteiger partial charge in [-0.05, 0) is 108 Å². The second-order valence-electron chi connectivity index (χ2n) is 11.5. The van der Waals surface area contributed by atoms with Crippen LogP contribution in [0.3, 0.4) is 0 Å². The van der Waals surface area contributed by atoms with Crippen molar-refractivity contribution in [2.45, 2.75) is 73.3 Å². The van der Waals surface area contributed by atoms with Crippen LogP contribution in [0.2, 0.25) is 0 Å². The molecule has 0 aliphatic carbocycles. The molecule has 0 amide bonds. The van der Waals surface area contributed by atoms with Gasteiger partial charge in [0, 0.05) is 22.8 Å². The Kier molecular flexibility index (Phi) is 15.3. The molecule has 4 aromatic heterocycles. The number of aromatic nitrogens is 4. The summed E-state index contributed by atoms with van der Waals surface area (Å²) >= 11 is 0. The van der Waals surface area contributed by atoms with E-state index in [1.54, 1.807) is 6.07 Å². The van der Waals surface area contributed by atoms with E-state index in [-0.39, 0.29) is 5.92 Å². The van der Waals surface area contributed by atoms with Gasteiger partial charge in [0.2, 0.25) is 0 Å². The zero-order valence-electron chi connectivity index (χ0n) is 28.3. The molecule has 0 saturated carbocycles. The molecule has 0 aliphatic rings. The zero-order valence-corrected chi connectivity index (χ0v) is 28.3. The van der Waals surface area contributed by atoms with Gasteiger partial charge in [0.25, 0.3) is 0 Å². The molecule has 0 radical (unpaired) electrons. The van der Waals surface area contributed by atoms with Gasteiger partial charge >= 0.3 is 0 Å². The van der Waals surface area contributed by atoms with Gasteiger partial charge in [-0.3, -0.25) is 24.7 Å². The van der Waals surface area contributed by atoms with E-state index >= 15 is 0 Å². The normalized spacial score (nSPS) is 12.3. The summed E-state index contributed by atoms with van der Waals surface area (Å²) in [7, 11) is 0. The molecule has 4 heterocycles. The van der Waals surface area contributed by atoms with Gasteiger partial charge in [-0.15, -0.1) is 0 Å². The fraction of sp³-hybridized carbons (Fsp3) is 0.378. The summed E-state index contributed by atoms with van der Waals surface area (Å²) in [5.41, 5.74) is 8.11. The highest BCUT2D eigenvalue weighted by molar-refractivity contribution is 5.96. The van der Waals surface area contributed by atoms with Crippen molar-refractivity contribution < 1.29 is 19.6 Å². The fourth-order valence-electron chi connectivity index (χ4n) is 4.35. The number of aliphatic hydroxyl groups excluding tert-OH is 1. The van der Waals surface area contributed by atoms with E-state index in [1.807, 2.05) is 108 Å². The average molecular weight is 639 g/mol. The summed E-state index contributed by atoms with van der Waals surface area (Å²) in [5, 5.41) is 18.3. The number of hydrogen-bond donors (Lipinski definition) is 1. The van der Waals surface area contributed by atoms with Gasteiger partial charge in [-0.1, -0.05) is 48.4 Å². The molecule has 4 rings (SSSR count). The van der Waals surface area contributed by atoms with Crippen LogP contribution in [0.1, 0.15) is 97.0 Å². The molecular formula is C37H46N6O4. The highest BCUT2D eigenvalue weighted by Gasteiger charge is 2.13. The van der Waals surface area contributed by atoms with Crippen molar-refractivity contribution in [3.8, 4) is 0 Å². The third kappa shape index (κ3) is 13.2. The van der Waals surface area contributed by atoms with Crippen LogP contribution < -0.4 is 0 Å². The molecule has 0 aromatic carbocycles. The molecule has 47 heavy (non-hydrogen) atoms. The topological polar surface area (TPSA) is 132 Å². The standard InChI is InChI=1S/C20H27N3O2.C17H19N3O2/c1-14(2)20(24)19-12-6-9-17(22-19)10-7-13-25-23-16(4)18-11-5-8-15(3)21-18;1-13-6-3-10-17(18-13)14(2)20-22-11-5-9-15-7-4-8-16(12-21)19-15/h5-6,8-9,11-12,14,20,24H,7,10,13H2,1-4H3;3-4,6-8,10,12H,5,9,11H2,1-2H3/b23-16+;20-14+. The highest BCUT2D eigenvalue weighted by Crippen LogP contribution is 2.19. The molecule has 10 nitrogen and oxygen atoms in total. The molecule has 0 fully saturated rings. The smallest absolute Gasteiger partial charge is 0.168 e. The summed E-state index contributed by atoms with van der Waals surface area (Å²) in [6.45, 7) is 12.6. The lowest BCUT2D eigenvalue weighted by Crippen LogP contribution is -2.09. The Morgan fingerprint density at radius 2 is 1.21 bits per heavy atom. The quantitative estimate of drug-likeness (QED) is 0.0649. The van der Waals surface area contributed by atoms with Crippen LogP contribution in [0.25, 0.3) is 0 Å². The minimum absolute atomic E-state index is 0.152. The highest BCUT2D eigenvalue weighted by atomic mass is 16.6. The van der Waals surface area contributed by atoms with E-state index in [9.17, 15) is 9.90 Å². The minimum Gasteiger partial charge on any atom is -0.396 e.